The fourth-order valence-electron chi connectivity index (χ4n) is 2.42. The summed E-state index contributed by atoms with van der Waals surface area (Å²) in [7, 11) is 3.83. The minimum absolute atomic E-state index is 0.383. The molecule has 0 saturated carbocycles. The number of likely N-dealkylation sites (N-methyl/N-ethyl adjacent to an activating group) is 1. The number of methoxy groups -OCH3 is 1. The maximum Gasteiger partial charge on any atom is 0.142 e. The molecule has 1 saturated heterocycles. The molecule has 0 amide bonds. The summed E-state index contributed by atoms with van der Waals surface area (Å²) in [4.78, 5) is 2.24. The smallest absolute Gasteiger partial charge is 0.142 e. The minimum Gasteiger partial charge on any atom is -0.495 e. The monoisotopic (exact) mass is 264 g/mol. The van der Waals surface area contributed by atoms with Crippen molar-refractivity contribution in [1.29, 1.82) is 0 Å². The number of nitrogens with one attached hydrogen (secondary N) is 1. The van der Waals surface area contributed by atoms with Crippen LogP contribution in [0.5, 0.6) is 5.75 Å². The van der Waals surface area contributed by atoms with Gasteiger partial charge >= 0.3 is 0 Å². The lowest BCUT2D eigenvalue weighted by Gasteiger charge is -2.30. The first kappa shape index (κ1) is 14.2. The zero-order valence-electron chi connectivity index (χ0n) is 12.1. The third kappa shape index (κ3) is 3.61. The molecule has 106 valence electrons. The largest absolute Gasteiger partial charge is 0.495 e. The van der Waals surface area contributed by atoms with E-state index in [1.54, 1.807) is 7.11 Å². The summed E-state index contributed by atoms with van der Waals surface area (Å²) in [6.07, 6.45) is 1.04. The molecule has 1 heterocycles. The van der Waals surface area contributed by atoms with Crippen molar-refractivity contribution in [3.05, 3.63) is 23.8 Å². The average Bonchev–Trinajstić information content (AvgIpc) is 2.47. The molecule has 0 radical (unpaired) electrons. The lowest BCUT2D eigenvalue weighted by atomic mass is 10.1. The lowest BCUT2D eigenvalue weighted by molar-refractivity contribution is 0.0791. The Bertz CT molecular complexity index is 403. The van der Waals surface area contributed by atoms with Crippen LogP contribution >= 0.6 is 0 Å². The number of hydrogen-bond donors (Lipinski definition) is 1. The van der Waals surface area contributed by atoms with Gasteiger partial charge in [-0.15, -0.1) is 0 Å². The lowest BCUT2D eigenvalue weighted by Crippen LogP contribution is -2.47. The highest BCUT2D eigenvalue weighted by atomic mass is 16.5. The first-order chi connectivity index (χ1) is 9.24. The Labute approximate surface area is 115 Å². The average molecular weight is 264 g/mol. The highest BCUT2D eigenvalue weighted by Crippen LogP contribution is 2.29. The van der Waals surface area contributed by atoms with E-state index in [1.807, 2.05) is 0 Å². The molecule has 1 aromatic rings. The van der Waals surface area contributed by atoms with Crippen LogP contribution in [0, 0.1) is 0 Å². The summed E-state index contributed by atoms with van der Waals surface area (Å²) in [5.41, 5.74) is 2.48. The van der Waals surface area contributed by atoms with E-state index in [0.717, 1.165) is 44.2 Å². The quantitative estimate of drug-likeness (QED) is 0.877. The van der Waals surface area contributed by atoms with Gasteiger partial charge in [0.05, 0.1) is 26.0 Å². The topological polar surface area (TPSA) is 33.7 Å². The Balaban J connectivity index is 2.09. The van der Waals surface area contributed by atoms with Gasteiger partial charge in [0.1, 0.15) is 5.75 Å². The molecule has 1 aliphatic heterocycles. The number of aryl methyl sites for hydroxylation is 1. The Hall–Kier alpha value is -1.26. The van der Waals surface area contributed by atoms with Gasteiger partial charge < -0.3 is 19.7 Å². The molecular weight excluding hydrogens is 240 g/mol. The minimum atomic E-state index is 0.383. The van der Waals surface area contributed by atoms with Gasteiger partial charge in [-0.3, -0.25) is 0 Å². The van der Waals surface area contributed by atoms with Gasteiger partial charge in [0.25, 0.3) is 0 Å². The van der Waals surface area contributed by atoms with Crippen LogP contribution in [0.15, 0.2) is 18.2 Å². The predicted molar refractivity (Wildman–Crippen MR) is 78.3 cm³/mol. The first-order valence-corrected chi connectivity index (χ1v) is 6.93. The number of nitrogens with zero attached hydrogens (tertiary/aromatic N) is 1. The highest BCUT2D eigenvalue weighted by molar-refractivity contribution is 5.59. The molecule has 0 bridgehead atoms. The van der Waals surface area contributed by atoms with Crippen molar-refractivity contribution in [2.75, 3.05) is 45.4 Å². The van der Waals surface area contributed by atoms with Crippen LogP contribution in [0.3, 0.4) is 0 Å². The van der Waals surface area contributed by atoms with Crippen LogP contribution in [-0.2, 0) is 11.2 Å². The maximum atomic E-state index is 5.50. The summed E-state index contributed by atoms with van der Waals surface area (Å²) in [6, 6.07) is 6.77. The van der Waals surface area contributed by atoms with Gasteiger partial charge in [0.2, 0.25) is 0 Å². The van der Waals surface area contributed by atoms with Crippen LogP contribution in [0.25, 0.3) is 0 Å². The summed E-state index contributed by atoms with van der Waals surface area (Å²) in [6.45, 7) is 5.62. The molecule has 19 heavy (non-hydrogen) atoms. The first-order valence-electron chi connectivity index (χ1n) is 6.93. The van der Waals surface area contributed by atoms with Crippen molar-refractivity contribution in [3.63, 3.8) is 0 Å². The van der Waals surface area contributed by atoms with E-state index in [2.05, 4.69) is 42.4 Å². The molecule has 1 aromatic carbocycles. The third-order valence-corrected chi connectivity index (χ3v) is 3.56. The van der Waals surface area contributed by atoms with E-state index in [9.17, 15) is 0 Å². The van der Waals surface area contributed by atoms with E-state index in [-0.39, 0.29) is 0 Å². The molecule has 1 N–H and O–H groups in total. The van der Waals surface area contributed by atoms with E-state index in [1.165, 1.54) is 5.56 Å². The van der Waals surface area contributed by atoms with Gasteiger partial charge in [0.15, 0.2) is 0 Å². The zero-order chi connectivity index (χ0) is 13.7. The standard InChI is InChI=1S/C15H24N2O2/c1-4-12-5-6-15(18-3)14(9-12)17(2)10-13-11-19-8-7-16-13/h5-6,9,13,16H,4,7-8,10-11H2,1-3H3. The summed E-state index contributed by atoms with van der Waals surface area (Å²) >= 11 is 0. The van der Waals surface area contributed by atoms with E-state index in [0.29, 0.717) is 6.04 Å². The maximum absolute atomic E-state index is 5.50. The molecule has 1 atom stereocenters. The SMILES string of the molecule is CCc1ccc(OC)c(N(C)CC2COCCN2)c1. The van der Waals surface area contributed by atoms with E-state index in [4.69, 9.17) is 9.47 Å². The molecule has 1 aliphatic rings. The number of morpholine rings is 1. The molecule has 4 heteroatoms. The molecule has 4 nitrogen and oxygen atoms in total. The molecule has 2 rings (SSSR count). The molecule has 0 aromatic heterocycles. The fraction of sp³-hybridized carbons (Fsp3) is 0.600. The highest BCUT2D eigenvalue weighted by Gasteiger charge is 2.17. The molecule has 0 aliphatic carbocycles. The van der Waals surface area contributed by atoms with Gasteiger partial charge in [-0.25, -0.2) is 0 Å². The van der Waals surface area contributed by atoms with Crippen LogP contribution < -0.4 is 15.0 Å². The molecule has 1 fully saturated rings. The van der Waals surface area contributed by atoms with Gasteiger partial charge in [-0.05, 0) is 24.1 Å². The van der Waals surface area contributed by atoms with Crippen molar-refractivity contribution >= 4 is 5.69 Å². The Morgan fingerprint density at radius 1 is 1.47 bits per heavy atom. The third-order valence-electron chi connectivity index (χ3n) is 3.56. The second-order valence-electron chi connectivity index (χ2n) is 4.97. The van der Waals surface area contributed by atoms with Gasteiger partial charge in [0, 0.05) is 26.2 Å². The fourth-order valence-corrected chi connectivity index (χ4v) is 2.42. The van der Waals surface area contributed by atoms with Crippen LogP contribution in [0.1, 0.15) is 12.5 Å². The number of hydrogen-bond acceptors (Lipinski definition) is 4. The Morgan fingerprint density at radius 3 is 2.95 bits per heavy atom. The number of anilines is 1. The van der Waals surface area contributed by atoms with Gasteiger partial charge in [-0.1, -0.05) is 13.0 Å². The summed E-state index contributed by atoms with van der Waals surface area (Å²) in [5, 5.41) is 3.48. The number of ether oxygens (including phenoxy) is 2. The van der Waals surface area contributed by atoms with Crippen molar-refractivity contribution in [1.82, 2.24) is 5.32 Å². The van der Waals surface area contributed by atoms with Crippen molar-refractivity contribution in [2.45, 2.75) is 19.4 Å². The molecule has 0 spiro atoms. The summed E-state index contributed by atoms with van der Waals surface area (Å²) < 4.78 is 11.0. The van der Waals surface area contributed by atoms with Crippen LogP contribution in [0.4, 0.5) is 5.69 Å². The number of rotatable bonds is 5. The Kier molecular flexibility index (Phi) is 5.05. The summed E-state index contributed by atoms with van der Waals surface area (Å²) in [5.74, 6) is 0.927. The second kappa shape index (κ2) is 6.78. The molecule has 1 unspecified atom stereocenters. The van der Waals surface area contributed by atoms with E-state index >= 15 is 0 Å². The van der Waals surface area contributed by atoms with Crippen LogP contribution in [0.2, 0.25) is 0 Å². The Morgan fingerprint density at radius 2 is 2.32 bits per heavy atom. The molecular formula is C15H24N2O2. The predicted octanol–water partition coefficient (Wildman–Crippen LogP) is 1.68. The number of benzene rings is 1. The normalized spacial score (nSPS) is 19.2. The van der Waals surface area contributed by atoms with E-state index < -0.39 is 0 Å². The van der Waals surface area contributed by atoms with Crippen LogP contribution in [-0.4, -0.2) is 46.5 Å². The van der Waals surface area contributed by atoms with Crippen molar-refractivity contribution in [3.8, 4) is 5.75 Å². The van der Waals surface area contributed by atoms with Gasteiger partial charge in [-0.2, -0.15) is 0 Å². The zero-order valence-corrected chi connectivity index (χ0v) is 12.1. The second-order valence-corrected chi connectivity index (χ2v) is 4.97. The van der Waals surface area contributed by atoms with Crippen molar-refractivity contribution < 1.29 is 9.47 Å². The van der Waals surface area contributed by atoms with Crippen molar-refractivity contribution in [2.24, 2.45) is 0 Å².